The van der Waals surface area contributed by atoms with Gasteiger partial charge in [0.1, 0.15) is 0 Å². The summed E-state index contributed by atoms with van der Waals surface area (Å²) in [5.74, 6) is -0.867. The van der Waals surface area contributed by atoms with E-state index in [1.165, 1.54) is 29.5 Å². The quantitative estimate of drug-likeness (QED) is 0.203. The Balaban J connectivity index is 1.41. The molecule has 1 saturated heterocycles. The lowest BCUT2D eigenvalue weighted by atomic mass is 9.96. The fraction of sp³-hybridized carbons (Fsp3) is 0.194. The van der Waals surface area contributed by atoms with Crippen LogP contribution in [-0.4, -0.2) is 52.2 Å². The molecule has 198 valence electrons. The molecule has 1 amide bonds. The van der Waals surface area contributed by atoms with Gasteiger partial charge in [0.05, 0.1) is 11.1 Å². The summed E-state index contributed by atoms with van der Waals surface area (Å²) in [7, 11) is 0. The van der Waals surface area contributed by atoms with Gasteiger partial charge in [-0.3, -0.25) is 23.9 Å². The molecule has 1 atom stereocenters. The number of carbonyl (C=O) groups is 2. The molecule has 3 aromatic carbocycles. The molecule has 1 aromatic heterocycles. The molecule has 4 aromatic rings. The number of hydrogen-bond acceptors (Lipinski definition) is 4. The topological polar surface area (TPSA) is 62.6 Å². The van der Waals surface area contributed by atoms with E-state index in [0.29, 0.717) is 31.7 Å². The predicted octanol–water partition coefficient (Wildman–Crippen LogP) is 5.62. The average Bonchev–Trinajstić information content (AvgIpc) is 2.97. The number of halogens is 2. The third-order valence-corrected chi connectivity index (χ3v) is 7.77. The van der Waals surface area contributed by atoms with Crippen LogP contribution in [0.5, 0.6) is 0 Å². The number of ketones is 1. The Morgan fingerprint density at radius 2 is 1.31 bits per heavy atom. The lowest BCUT2D eigenvalue weighted by Crippen LogP contribution is -2.53. The third-order valence-electron chi connectivity index (χ3n) is 7.01. The van der Waals surface area contributed by atoms with Gasteiger partial charge in [-0.05, 0) is 29.3 Å². The number of nitrogens with zero attached hydrogens (tertiary/aromatic N) is 3. The first-order chi connectivity index (χ1) is 18.9. The lowest BCUT2D eigenvalue weighted by molar-refractivity contribution is -0.135. The highest BCUT2D eigenvalue weighted by Crippen LogP contribution is 2.30. The molecule has 6 nitrogen and oxygen atoms in total. The molecule has 0 N–H and O–H groups in total. The number of Topliss-reactive ketones (excluding diaryl/α,β-unsaturated/α-hetero) is 1. The Morgan fingerprint density at radius 3 is 1.87 bits per heavy atom. The van der Waals surface area contributed by atoms with Crippen molar-refractivity contribution >= 4 is 39.2 Å². The SMILES string of the molecule is O=C(c1ccc(Br)cc1)C(C(=O)N1CCN(C(c2ccccc2)c2ccccc2)CC1)n1cc(Cl)ccc1=O. The minimum Gasteiger partial charge on any atom is -0.338 e. The van der Waals surface area contributed by atoms with Crippen molar-refractivity contribution in [1.82, 2.24) is 14.4 Å². The van der Waals surface area contributed by atoms with E-state index in [1.54, 1.807) is 29.2 Å². The second-order valence-corrected chi connectivity index (χ2v) is 10.8. The van der Waals surface area contributed by atoms with E-state index in [9.17, 15) is 14.4 Å². The molecule has 0 spiro atoms. The molecule has 1 aliphatic rings. The van der Waals surface area contributed by atoms with E-state index in [-0.39, 0.29) is 11.1 Å². The highest BCUT2D eigenvalue weighted by molar-refractivity contribution is 9.10. The second-order valence-electron chi connectivity index (χ2n) is 9.45. The molecule has 39 heavy (non-hydrogen) atoms. The summed E-state index contributed by atoms with van der Waals surface area (Å²) in [6, 6.07) is 28.8. The van der Waals surface area contributed by atoms with Crippen LogP contribution in [0.15, 0.2) is 113 Å². The first-order valence-corrected chi connectivity index (χ1v) is 13.9. The van der Waals surface area contributed by atoms with Crippen LogP contribution in [0.25, 0.3) is 0 Å². The zero-order valence-electron chi connectivity index (χ0n) is 21.1. The number of aromatic nitrogens is 1. The summed E-state index contributed by atoms with van der Waals surface area (Å²) < 4.78 is 1.96. The molecular weight excluding hydrogens is 578 g/mol. The minimum absolute atomic E-state index is 0.0420. The van der Waals surface area contributed by atoms with E-state index in [2.05, 4.69) is 45.1 Å². The second kappa shape index (κ2) is 12.1. The van der Waals surface area contributed by atoms with E-state index < -0.39 is 23.3 Å². The van der Waals surface area contributed by atoms with Crippen LogP contribution in [-0.2, 0) is 4.79 Å². The van der Waals surface area contributed by atoms with E-state index >= 15 is 0 Å². The zero-order valence-corrected chi connectivity index (χ0v) is 23.5. The normalized spacial score (nSPS) is 14.8. The first kappa shape index (κ1) is 27.1. The Hall–Kier alpha value is -3.52. The fourth-order valence-corrected chi connectivity index (χ4v) is 5.50. The molecule has 2 heterocycles. The van der Waals surface area contributed by atoms with E-state index in [0.717, 1.165) is 9.04 Å². The molecule has 1 unspecified atom stereocenters. The van der Waals surface area contributed by atoms with Crippen LogP contribution in [0.1, 0.15) is 33.6 Å². The van der Waals surface area contributed by atoms with Crippen molar-refractivity contribution < 1.29 is 9.59 Å². The Morgan fingerprint density at radius 1 is 0.744 bits per heavy atom. The van der Waals surface area contributed by atoms with Crippen LogP contribution < -0.4 is 5.56 Å². The summed E-state index contributed by atoms with van der Waals surface area (Å²) in [5, 5.41) is 0.273. The number of carbonyl (C=O) groups excluding carboxylic acids is 2. The molecule has 0 saturated carbocycles. The molecule has 1 aliphatic heterocycles. The summed E-state index contributed by atoms with van der Waals surface area (Å²) in [6.45, 7) is 2.08. The van der Waals surface area contributed by atoms with Gasteiger partial charge >= 0.3 is 0 Å². The summed E-state index contributed by atoms with van der Waals surface area (Å²) in [6.07, 6.45) is 1.36. The van der Waals surface area contributed by atoms with Gasteiger partial charge in [0, 0.05) is 48.5 Å². The maximum absolute atomic E-state index is 13.9. The van der Waals surface area contributed by atoms with Crippen molar-refractivity contribution in [3.63, 3.8) is 0 Å². The molecule has 8 heteroatoms. The number of pyridine rings is 1. The number of amides is 1. The zero-order chi connectivity index (χ0) is 27.4. The van der Waals surface area contributed by atoms with Crippen molar-refractivity contribution in [2.45, 2.75) is 12.1 Å². The van der Waals surface area contributed by atoms with Gasteiger partial charge in [-0.15, -0.1) is 0 Å². The van der Waals surface area contributed by atoms with Crippen molar-refractivity contribution in [3.05, 3.63) is 140 Å². The summed E-state index contributed by atoms with van der Waals surface area (Å²) in [4.78, 5) is 44.4. The van der Waals surface area contributed by atoms with Crippen molar-refractivity contribution in [3.8, 4) is 0 Å². The largest absolute Gasteiger partial charge is 0.338 e. The maximum Gasteiger partial charge on any atom is 0.253 e. The van der Waals surface area contributed by atoms with Gasteiger partial charge < -0.3 is 4.90 Å². The van der Waals surface area contributed by atoms with Gasteiger partial charge in [0.15, 0.2) is 11.8 Å². The molecular formula is C31H27BrClN3O3. The maximum atomic E-state index is 13.9. The number of benzene rings is 3. The fourth-order valence-electron chi connectivity index (χ4n) is 5.07. The number of rotatable bonds is 7. The van der Waals surface area contributed by atoms with Crippen LogP contribution in [0.4, 0.5) is 0 Å². The monoisotopic (exact) mass is 603 g/mol. The number of piperazine rings is 1. The van der Waals surface area contributed by atoms with Crippen LogP contribution in [0.3, 0.4) is 0 Å². The molecule has 1 fully saturated rings. The summed E-state index contributed by atoms with van der Waals surface area (Å²) in [5.41, 5.74) is 2.24. The molecule has 0 aliphatic carbocycles. The van der Waals surface area contributed by atoms with Crippen molar-refractivity contribution in [1.29, 1.82) is 0 Å². The van der Waals surface area contributed by atoms with Crippen LogP contribution in [0, 0.1) is 0 Å². The summed E-state index contributed by atoms with van der Waals surface area (Å²) >= 11 is 9.56. The third kappa shape index (κ3) is 6.06. The van der Waals surface area contributed by atoms with Crippen LogP contribution >= 0.6 is 27.5 Å². The Bertz CT molecular complexity index is 1460. The predicted molar refractivity (Wildman–Crippen MR) is 156 cm³/mol. The standard InChI is InChI=1S/C31H27BrClN3O3/c32-25-13-11-24(12-14-25)30(38)29(36-21-26(33)15-16-27(36)37)31(39)35-19-17-34(18-20-35)28(22-7-3-1-4-8-22)23-9-5-2-6-10-23/h1-16,21,28-29H,17-20H2. The smallest absolute Gasteiger partial charge is 0.253 e. The first-order valence-electron chi connectivity index (χ1n) is 12.7. The lowest BCUT2D eigenvalue weighted by Gasteiger charge is -2.40. The van der Waals surface area contributed by atoms with Crippen LogP contribution in [0.2, 0.25) is 5.02 Å². The molecule has 0 bridgehead atoms. The Kier molecular flexibility index (Phi) is 8.41. The van der Waals surface area contributed by atoms with Gasteiger partial charge in [-0.1, -0.05) is 100 Å². The highest BCUT2D eigenvalue weighted by Gasteiger charge is 2.36. The Labute approximate surface area is 240 Å². The highest BCUT2D eigenvalue weighted by atomic mass is 79.9. The van der Waals surface area contributed by atoms with Gasteiger partial charge in [-0.2, -0.15) is 0 Å². The van der Waals surface area contributed by atoms with Gasteiger partial charge in [0.25, 0.3) is 11.5 Å². The van der Waals surface area contributed by atoms with Gasteiger partial charge in [0.2, 0.25) is 0 Å². The average molecular weight is 605 g/mol. The van der Waals surface area contributed by atoms with Gasteiger partial charge in [-0.25, -0.2) is 0 Å². The number of hydrogen-bond donors (Lipinski definition) is 0. The van der Waals surface area contributed by atoms with Crippen molar-refractivity contribution in [2.24, 2.45) is 0 Å². The van der Waals surface area contributed by atoms with E-state index in [1.807, 2.05) is 36.4 Å². The van der Waals surface area contributed by atoms with Crippen molar-refractivity contribution in [2.75, 3.05) is 26.2 Å². The minimum atomic E-state index is -1.34. The van der Waals surface area contributed by atoms with E-state index in [4.69, 9.17) is 11.6 Å². The molecule has 5 rings (SSSR count). The molecule has 0 radical (unpaired) electrons.